The Morgan fingerprint density at radius 1 is 0.659 bits per heavy atom. The number of nitrogens with one attached hydrogen (secondary N) is 3. The van der Waals surface area contributed by atoms with Crippen molar-refractivity contribution in [1.82, 2.24) is 24.8 Å². The Hall–Kier alpha value is -7.63. The smallest absolute Gasteiger partial charge is 0.337 e. The second-order valence-electron chi connectivity index (χ2n) is 23.1. The first-order valence-electron chi connectivity index (χ1n) is 29.1. The van der Waals surface area contributed by atoms with Crippen LogP contribution in [0.15, 0.2) is 114 Å². The van der Waals surface area contributed by atoms with Gasteiger partial charge in [0.15, 0.2) is 0 Å². The highest BCUT2D eigenvalue weighted by atomic mass is 16.5. The van der Waals surface area contributed by atoms with Crippen molar-refractivity contribution >= 4 is 62.3 Å². The fourth-order valence-electron chi connectivity index (χ4n) is 14.5. The van der Waals surface area contributed by atoms with Crippen LogP contribution in [0.2, 0.25) is 0 Å². The molecule has 11 heterocycles. The Bertz CT molecular complexity index is 3510. The van der Waals surface area contributed by atoms with Crippen molar-refractivity contribution in [3.63, 3.8) is 0 Å². The predicted octanol–water partition coefficient (Wildman–Crippen LogP) is 7.70. The normalized spacial score (nSPS) is 26.9. The Morgan fingerprint density at radius 3 is 1.85 bits per heavy atom. The molecule has 8 unspecified atom stereocenters. The number of carbonyl (C=O) groups excluding carboxylic acids is 4. The van der Waals surface area contributed by atoms with Crippen molar-refractivity contribution < 1.29 is 57.3 Å². The molecule has 2 saturated heterocycles. The lowest BCUT2D eigenvalue weighted by atomic mass is 9.72. The van der Waals surface area contributed by atoms with Gasteiger partial charge in [-0.05, 0) is 94.8 Å². The van der Waals surface area contributed by atoms with Gasteiger partial charge >= 0.3 is 17.9 Å². The molecule has 432 valence electrons. The van der Waals surface area contributed by atoms with Crippen molar-refractivity contribution in [3.8, 4) is 0 Å². The van der Waals surface area contributed by atoms with Gasteiger partial charge in [-0.1, -0.05) is 54.6 Å². The third-order valence-electron chi connectivity index (χ3n) is 18.8. The Morgan fingerprint density at radius 2 is 1.21 bits per heavy atom. The third kappa shape index (κ3) is 11.0. The number of likely N-dealkylation sites (tertiary alicyclic amines) is 1. The van der Waals surface area contributed by atoms with Crippen molar-refractivity contribution in [2.24, 2.45) is 35.5 Å². The number of aromatic amines is 3. The van der Waals surface area contributed by atoms with Crippen LogP contribution in [0.1, 0.15) is 81.1 Å². The van der Waals surface area contributed by atoms with Crippen LogP contribution < -0.4 is 5.11 Å². The van der Waals surface area contributed by atoms with E-state index in [1.165, 1.54) is 87.8 Å². The lowest BCUT2D eigenvalue weighted by Crippen LogP contribution is -2.51. The van der Waals surface area contributed by atoms with E-state index in [-0.39, 0.29) is 54.0 Å². The van der Waals surface area contributed by atoms with Gasteiger partial charge in [0.1, 0.15) is 24.9 Å². The Kier molecular flexibility index (Phi) is 16.5. The molecular weight excluding hydrogens is 1040 g/mol. The summed E-state index contributed by atoms with van der Waals surface area (Å²) in [5.41, 5.74) is 13.8. The molecule has 3 aromatic heterocycles. The molecule has 6 aromatic rings. The number of hydrogen-bond donors (Lipinski definition) is 3. The molecule has 0 amide bonds. The van der Waals surface area contributed by atoms with E-state index in [0.717, 1.165) is 91.3 Å². The van der Waals surface area contributed by atoms with Crippen LogP contribution in [0.5, 0.6) is 0 Å². The second-order valence-corrected chi connectivity index (χ2v) is 23.1. The lowest BCUT2D eigenvalue weighted by molar-refractivity contribution is -0.545. The third-order valence-corrected chi connectivity index (χ3v) is 18.8. The van der Waals surface area contributed by atoms with Gasteiger partial charge in [0.05, 0.1) is 81.0 Å². The highest BCUT2D eigenvalue weighted by Gasteiger charge is 2.49. The topological polar surface area (TPSA) is 204 Å². The summed E-state index contributed by atoms with van der Waals surface area (Å²) in [5, 5.41) is 12.9. The molecule has 0 radical (unpaired) electrons. The van der Waals surface area contributed by atoms with E-state index in [2.05, 4.69) is 129 Å². The maximum atomic E-state index is 12.3. The number of ether oxygens (including phenoxy) is 6. The van der Waals surface area contributed by atoms with Gasteiger partial charge in [-0.3, -0.25) is 4.90 Å². The standard InChI is InChI=1S/C21H24N2O3.C21H22N2O3.C21H26N2O3.C2H4O2/c2*1-12-16-10-23-8-7-14-13-5-3-4-6-18(13)22-20(14)19(23)9-15(16)17(11-26-12)21(24)25-2;1-14-18-12-23(10-8-17(18)19(13-26-14)21(24)25-2)9-7-15-11-22-20-6-4-3-5-16(15)20;1-2(3)4/h3-6,11-12,15-16,19,22H,7-10H2,1-2H3;3-6,11-12,15-16H,7-10H2,1-2H3;3-6,11,13-14,17-18,22H,7-10,12H2,1-2H3;1H3,(H,3,4)/t;12?,15-,16+;;/m.1../s1. The van der Waals surface area contributed by atoms with Gasteiger partial charge in [-0.15, -0.1) is 0 Å². The van der Waals surface area contributed by atoms with E-state index in [0.29, 0.717) is 40.5 Å². The molecule has 0 aliphatic carbocycles. The number of rotatable bonds is 6. The second kappa shape index (κ2) is 24.1. The van der Waals surface area contributed by atoms with Gasteiger partial charge in [0.25, 0.3) is 0 Å². The number of aromatic nitrogens is 3. The van der Waals surface area contributed by atoms with E-state index in [9.17, 15) is 14.4 Å². The summed E-state index contributed by atoms with van der Waals surface area (Å²) in [4.78, 5) is 61.2. The number of hydrogen-bond acceptors (Lipinski definition) is 13. The van der Waals surface area contributed by atoms with Crippen LogP contribution in [-0.4, -0.2) is 144 Å². The fourth-order valence-corrected chi connectivity index (χ4v) is 14.5. The van der Waals surface area contributed by atoms with E-state index in [1.54, 1.807) is 18.8 Å². The number of benzene rings is 3. The number of carboxylic acids is 1. The first-order valence-corrected chi connectivity index (χ1v) is 29.1. The summed E-state index contributed by atoms with van der Waals surface area (Å²) in [6, 6.07) is 25.8. The highest BCUT2D eigenvalue weighted by molar-refractivity contribution is 6.04. The van der Waals surface area contributed by atoms with Crippen molar-refractivity contribution in [3.05, 3.63) is 143 Å². The molecule has 10 atom stereocenters. The predicted molar refractivity (Wildman–Crippen MR) is 308 cm³/mol. The van der Waals surface area contributed by atoms with Gasteiger partial charge in [0.2, 0.25) is 5.71 Å². The van der Waals surface area contributed by atoms with Crippen LogP contribution >= 0.6 is 0 Å². The van der Waals surface area contributed by atoms with Gasteiger partial charge in [0, 0.05) is 119 Å². The van der Waals surface area contributed by atoms with Crippen LogP contribution in [-0.2, 0) is 66.9 Å². The summed E-state index contributed by atoms with van der Waals surface area (Å²) < 4.78 is 34.7. The number of H-pyrrole nitrogens is 3. The summed E-state index contributed by atoms with van der Waals surface area (Å²) in [7, 11) is 4.32. The summed E-state index contributed by atoms with van der Waals surface area (Å²) in [6.45, 7) is 14.2. The van der Waals surface area contributed by atoms with Crippen molar-refractivity contribution in [2.75, 3.05) is 67.1 Å². The maximum Gasteiger partial charge on any atom is 0.337 e. The molecule has 82 heavy (non-hydrogen) atoms. The van der Waals surface area contributed by atoms with E-state index in [1.807, 2.05) is 0 Å². The SMILES string of the molecule is CC(=O)[O-].COC(=O)C1=COC(C)C2CN(CCc3c[nH]c4ccccc34)CCC12.COC(=O)C1=COC(C)C2CN3CCc4c([nH]c5ccccc45)C3CC12.COC(=O)C1=COC(C)[C@@H]2C[N+]3=C(C[C@@H]12)c1[nH]c2ccccc2c1CC3. The van der Waals surface area contributed by atoms with Crippen molar-refractivity contribution in [1.29, 1.82) is 0 Å². The average Bonchev–Trinajstić information content (AvgIpc) is 4.26. The summed E-state index contributed by atoms with van der Waals surface area (Å²) in [5.74, 6) is -0.304. The van der Waals surface area contributed by atoms with E-state index < -0.39 is 5.97 Å². The van der Waals surface area contributed by atoms with E-state index in [4.69, 9.17) is 38.3 Å². The summed E-state index contributed by atoms with van der Waals surface area (Å²) in [6.07, 6.45) is 13.3. The molecule has 0 spiro atoms. The van der Waals surface area contributed by atoms with Crippen molar-refractivity contribution in [2.45, 2.75) is 90.6 Å². The molecule has 17 nitrogen and oxygen atoms in total. The van der Waals surface area contributed by atoms with Crippen LogP contribution in [0.4, 0.5) is 0 Å². The number of aliphatic carboxylic acids is 1. The molecule has 8 aliphatic heterocycles. The Labute approximate surface area is 478 Å². The Balaban J connectivity index is 0.000000125. The van der Waals surface area contributed by atoms with Crippen LogP contribution in [0.3, 0.4) is 0 Å². The van der Waals surface area contributed by atoms with Crippen LogP contribution in [0.25, 0.3) is 32.7 Å². The first kappa shape index (κ1) is 56.2. The van der Waals surface area contributed by atoms with Crippen LogP contribution in [0, 0.1) is 35.5 Å². The summed E-state index contributed by atoms with van der Waals surface area (Å²) >= 11 is 0. The molecule has 0 bridgehead atoms. The molecule has 3 N–H and O–H groups in total. The number of piperidine rings is 2. The zero-order chi connectivity index (χ0) is 57.3. The van der Waals surface area contributed by atoms with Gasteiger partial charge < -0.3 is 58.2 Å². The number of nitrogens with zero attached hydrogens (tertiary/aromatic N) is 3. The van der Waals surface area contributed by atoms with Gasteiger partial charge in [-0.25, -0.2) is 19.0 Å². The largest absolute Gasteiger partial charge is 0.550 e. The number of methoxy groups -OCH3 is 3. The maximum absolute atomic E-state index is 12.3. The molecule has 14 rings (SSSR count). The van der Waals surface area contributed by atoms with Gasteiger partial charge in [-0.2, -0.15) is 0 Å². The number of carboxylic acid groups (broad SMARTS) is 1. The lowest BCUT2D eigenvalue weighted by Gasteiger charge is -2.49. The molecular formula is C65H76N6O11. The highest BCUT2D eigenvalue weighted by Crippen LogP contribution is 2.48. The molecule has 17 heteroatoms. The minimum Gasteiger partial charge on any atom is -0.550 e. The fraction of sp³-hybridized carbons (Fsp3) is 0.462. The minimum absolute atomic E-state index is 0.110. The molecule has 0 saturated carbocycles. The molecule has 3 aromatic carbocycles. The number of carbonyl (C=O) groups is 4. The quantitative estimate of drug-likeness (QED) is 0.0833. The monoisotopic (exact) mass is 1120 g/mol. The first-order chi connectivity index (χ1) is 39.7. The zero-order valence-electron chi connectivity index (χ0n) is 48.0. The molecule has 8 aliphatic rings. The number of fused-ring (bicyclic) bond motifs is 13. The molecule has 2 fully saturated rings. The van der Waals surface area contributed by atoms with E-state index >= 15 is 0 Å². The minimum atomic E-state index is -1.08. The number of esters is 3. The average molecular weight is 1120 g/mol. The number of para-hydroxylation sites is 3. The zero-order valence-corrected chi connectivity index (χ0v) is 48.0.